The number of hydrogen-bond acceptors (Lipinski definition) is 5. The Morgan fingerprint density at radius 1 is 0.812 bits per heavy atom. The molecule has 8 heteroatoms. The maximum Gasteiger partial charge on any atom is 0.257 e. The third kappa shape index (κ3) is 6.00. The molecule has 1 heterocycles. The molecule has 0 bridgehead atoms. The second-order valence-corrected chi connectivity index (χ2v) is 8.54. The van der Waals surface area contributed by atoms with Gasteiger partial charge in [0.2, 0.25) is 11.0 Å². The van der Waals surface area contributed by atoms with E-state index in [0.29, 0.717) is 34.2 Å². The SMILES string of the molecule is O=C(Cc1ccccc1)Nc1ccc(C(=O)Nc2nnc(Cc3ccc(Cl)cc3)s2)cc1. The highest BCUT2D eigenvalue weighted by molar-refractivity contribution is 7.15. The van der Waals surface area contributed by atoms with Crippen molar-refractivity contribution in [3.05, 3.63) is 106 Å². The van der Waals surface area contributed by atoms with Crippen LogP contribution in [-0.4, -0.2) is 22.0 Å². The summed E-state index contributed by atoms with van der Waals surface area (Å²) < 4.78 is 0. The summed E-state index contributed by atoms with van der Waals surface area (Å²) in [6.45, 7) is 0. The van der Waals surface area contributed by atoms with Crippen molar-refractivity contribution in [3.63, 3.8) is 0 Å². The van der Waals surface area contributed by atoms with Crippen LogP contribution < -0.4 is 10.6 Å². The molecule has 0 atom stereocenters. The molecule has 2 amide bonds. The van der Waals surface area contributed by atoms with Gasteiger partial charge in [0.15, 0.2) is 0 Å². The van der Waals surface area contributed by atoms with Crippen LogP contribution >= 0.6 is 22.9 Å². The molecule has 2 N–H and O–H groups in total. The van der Waals surface area contributed by atoms with E-state index >= 15 is 0 Å². The van der Waals surface area contributed by atoms with Crippen LogP contribution in [0.15, 0.2) is 78.9 Å². The zero-order valence-corrected chi connectivity index (χ0v) is 18.5. The van der Waals surface area contributed by atoms with Crippen LogP contribution in [0, 0.1) is 0 Å². The van der Waals surface area contributed by atoms with Crippen molar-refractivity contribution in [2.24, 2.45) is 0 Å². The number of anilines is 2. The van der Waals surface area contributed by atoms with Crippen molar-refractivity contribution >= 4 is 45.6 Å². The van der Waals surface area contributed by atoms with Gasteiger partial charge in [0.1, 0.15) is 5.01 Å². The first-order valence-electron chi connectivity index (χ1n) is 9.87. The number of carbonyl (C=O) groups is 2. The first-order valence-corrected chi connectivity index (χ1v) is 11.1. The summed E-state index contributed by atoms with van der Waals surface area (Å²) in [6, 6.07) is 23.7. The van der Waals surface area contributed by atoms with E-state index in [0.717, 1.165) is 16.1 Å². The number of hydrogen-bond donors (Lipinski definition) is 2. The average Bonchev–Trinajstić information content (AvgIpc) is 3.23. The first kappa shape index (κ1) is 21.7. The van der Waals surface area contributed by atoms with Crippen LogP contribution in [0.5, 0.6) is 0 Å². The van der Waals surface area contributed by atoms with Gasteiger partial charge in [-0.05, 0) is 47.5 Å². The number of nitrogens with one attached hydrogen (secondary N) is 2. The van der Waals surface area contributed by atoms with Crippen molar-refractivity contribution < 1.29 is 9.59 Å². The van der Waals surface area contributed by atoms with Gasteiger partial charge in [-0.1, -0.05) is 65.4 Å². The monoisotopic (exact) mass is 462 g/mol. The van der Waals surface area contributed by atoms with E-state index in [2.05, 4.69) is 20.8 Å². The van der Waals surface area contributed by atoms with Gasteiger partial charge >= 0.3 is 0 Å². The molecule has 160 valence electrons. The van der Waals surface area contributed by atoms with Gasteiger partial charge in [0.05, 0.1) is 6.42 Å². The molecule has 0 fully saturated rings. The second kappa shape index (κ2) is 10.2. The van der Waals surface area contributed by atoms with Gasteiger partial charge in [0.25, 0.3) is 5.91 Å². The van der Waals surface area contributed by atoms with Gasteiger partial charge in [-0.2, -0.15) is 0 Å². The molecule has 0 aliphatic heterocycles. The van der Waals surface area contributed by atoms with Crippen LogP contribution in [0.25, 0.3) is 0 Å². The summed E-state index contributed by atoms with van der Waals surface area (Å²) in [5.74, 6) is -0.406. The Morgan fingerprint density at radius 3 is 2.25 bits per heavy atom. The number of nitrogens with zero attached hydrogens (tertiary/aromatic N) is 2. The second-order valence-electron chi connectivity index (χ2n) is 7.05. The number of benzene rings is 3. The van der Waals surface area contributed by atoms with Gasteiger partial charge in [-0.15, -0.1) is 10.2 Å². The van der Waals surface area contributed by atoms with E-state index in [-0.39, 0.29) is 11.8 Å². The minimum Gasteiger partial charge on any atom is -0.326 e. The van der Waals surface area contributed by atoms with E-state index in [1.54, 1.807) is 24.3 Å². The Morgan fingerprint density at radius 2 is 1.53 bits per heavy atom. The summed E-state index contributed by atoms with van der Waals surface area (Å²) in [5, 5.41) is 15.7. The molecule has 1 aromatic heterocycles. The van der Waals surface area contributed by atoms with E-state index in [4.69, 9.17) is 11.6 Å². The summed E-state index contributed by atoms with van der Waals surface area (Å²) in [6.07, 6.45) is 0.903. The molecule has 0 aliphatic carbocycles. The molecule has 0 aliphatic rings. The lowest BCUT2D eigenvalue weighted by Gasteiger charge is -2.07. The van der Waals surface area contributed by atoms with E-state index < -0.39 is 0 Å². The van der Waals surface area contributed by atoms with Crippen LogP contribution in [-0.2, 0) is 17.6 Å². The summed E-state index contributed by atoms with van der Waals surface area (Å²) >= 11 is 7.23. The van der Waals surface area contributed by atoms with Crippen molar-refractivity contribution in [1.29, 1.82) is 0 Å². The molecule has 0 spiro atoms. The highest BCUT2D eigenvalue weighted by Gasteiger charge is 2.11. The third-order valence-electron chi connectivity index (χ3n) is 4.59. The Kier molecular flexibility index (Phi) is 6.89. The first-order chi connectivity index (χ1) is 15.5. The lowest BCUT2D eigenvalue weighted by molar-refractivity contribution is -0.115. The largest absolute Gasteiger partial charge is 0.326 e. The standard InChI is InChI=1S/C24H19ClN4O2S/c25-19-10-6-17(7-11-19)15-22-28-29-24(32-22)27-23(31)18-8-12-20(13-9-18)26-21(30)14-16-4-2-1-3-5-16/h1-13H,14-15H2,(H,26,30)(H,27,29,31). The van der Waals surface area contributed by atoms with E-state index in [1.807, 2.05) is 54.6 Å². The maximum absolute atomic E-state index is 12.5. The van der Waals surface area contributed by atoms with Gasteiger partial charge < -0.3 is 5.32 Å². The highest BCUT2D eigenvalue weighted by Crippen LogP contribution is 2.21. The molecular formula is C24H19ClN4O2S. The zero-order chi connectivity index (χ0) is 22.3. The fraction of sp³-hybridized carbons (Fsp3) is 0.0833. The lowest BCUT2D eigenvalue weighted by atomic mass is 10.1. The van der Waals surface area contributed by atoms with Crippen molar-refractivity contribution in [3.8, 4) is 0 Å². The molecule has 0 unspecified atom stereocenters. The molecule has 0 radical (unpaired) electrons. The maximum atomic E-state index is 12.5. The quantitative estimate of drug-likeness (QED) is 0.394. The molecule has 4 rings (SSSR count). The van der Waals surface area contributed by atoms with Crippen LogP contribution in [0.4, 0.5) is 10.8 Å². The highest BCUT2D eigenvalue weighted by atomic mass is 35.5. The van der Waals surface area contributed by atoms with Crippen molar-refractivity contribution in [2.75, 3.05) is 10.6 Å². The molecule has 0 saturated carbocycles. The van der Waals surface area contributed by atoms with Crippen molar-refractivity contribution in [2.45, 2.75) is 12.8 Å². The van der Waals surface area contributed by atoms with Crippen molar-refractivity contribution in [1.82, 2.24) is 10.2 Å². The molecule has 3 aromatic carbocycles. The predicted molar refractivity (Wildman–Crippen MR) is 127 cm³/mol. The third-order valence-corrected chi connectivity index (χ3v) is 5.68. The lowest BCUT2D eigenvalue weighted by Crippen LogP contribution is -2.15. The molecule has 6 nitrogen and oxygen atoms in total. The number of aromatic nitrogens is 2. The molecule has 32 heavy (non-hydrogen) atoms. The zero-order valence-electron chi connectivity index (χ0n) is 16.9. The number of rotatable bonds is 7. The topological polar surface area (TPSA) is 84.0 Å². The Hall–Kier alpha value is -3.55. The van der Waals surface area contributed by atoms with Gasteiger partial charge in [0, 0.05) is 22.7 Å². The number of halogens is 1. The number of amides is 2. The fourth-order valence-electron chi connectivity index (χ4n) is 3.01. The fourth-order valence-corrected chi connectivity index (χ4v) is 3.91. The number of carbonyl (C=O) groups excluding carboxylic acids is 2. The van der Waals surface area contributed by atoms with Crippen LogP contribution in [0.2, 0.25) is 5.02 Å². The minimum atomic E-state index is -0.290. The predicted octanol–water partition coefficient (Wildman–Crippen LogP) is 5.22. The summed E-state index contributed by atoms with van der Waals surface area (Å²) in [4.78, 5) is 24.7. The molecule has 4 aromatic rings. The summed E-state index contributed by atoms with van der Waals surface area (Å²) in [5.41, 5.74) is 3.09. The summed E-state index contributed by atoms with van der Waals surface area (Å²) in [7, 11) is 0. The molecular weight excluding hydrogens is 444 g/mol. The van der Waals surface area contributed by atoms with E-state index in [9.17, 15) is 9.59 Å². The Labute approximate surface area is 194 Å². The normalized spacial score (nSPS) is 10.5. The average molecular weight is 463 g/mol. The van der Waals surface area contributed by atoms with E-state index in [1.165, 1.54) is 11.3 Å². The minimum absolute atomic E-state index is 0.115. The van der Waals surface area contributed by atoms with Crippen LogP contribution in [0.1, 0.15) is 26.5 Å². The smallest absolute Gasteiger partial charge is 0.257 e. The van der Waals surface area contributed by atoms with Crippen LogP contribution in [0.3, 0.4) is 0 Å². The van der Waals surface area contributed by atoms with Gasteiger partial charge in [-0.25, -0.2) is 0 Å². The van der Waals surface area contributed by atoms with Gasteiger partial charge in [-0.3, -0.25) is 14.9 Å². The molecule has 0 saturated heterocycles. The Balaban J connectivity index is 1.31. The Bertz CT molecular complexity index is 1210.